The number of methoxy groups -OCH3 is 2. The first-order valence-electron chi connectivity index (χ1n) is 11.8. The van der Waals surface area contributed by atoms with Gasteiger partial charge in [0.15, 0.2) is 5.43 Å². The molecule has 2 heterocycles. The van der Waals surface area contributed by atoms with Gasteiger partial charge in [-0.25, -0.2) is 0 Å². The Morgan fingerprint density at radius 2 is 1.51 bits per heavy atom. The van der Waals surface area contributed by atoms with Crippen LogP contribution in [0.1, 0.15) is 36.1 Å². The normalized spacial score (nSPS) is 15.4. The number of halogens is 3. The summed E-state index contributed by atoms with van der Waals surface area (Å²) in [5.74, 6) is 1.11. The molecule has 2 aromatic carbocycles. The lowest BCUT2D eigenvalue weighted by Gasteiger charge is -2.22. The second-order valence-electron chi connectivity index (χ2n) is 9.01. The van der Waals surface area contributed by atoms with Gasteiger partial charge in [0, 0.05) is 65.6 Å². The van der Waals surface area contributed by atoms with Crippen LogP contribution < -0.4 is 19.8 Å². The van der Waals surface area contributed by atoms with Crippen molar-refractivity contribution in [3.63, 3.8) is 0 Å². The van der Waals surface area contributed by atoms with E-state index in [-0.39, 0.29) is 16.6 Å². The van der Waals surface area contributed by atoms with Crippen LogP contribution in [0.5, 0.6) is 11.5 Å². The molecule has 1 aliphatic carbocycles. The highest BCUT2D eigenvalue weighted by atomic mass is 19.4. The highest BCUT2D eigenvalue weighted by Crippen LogP contribution is 2.40. The number of alkyl halides is 3. The van der Waals surface area contributed by atoms with Crippen molar-refractivity contribution < 1.29 is 22.6 Å². The third kappa shape index (κ3) is 4.26. The van der Waals surface area contributed by atoms with Crippen molar-refractivity contribution in [1.29, 1.82) is 0 Å². The Bertz CT molecular complexity index is 1300. The minimum atomic E-state index is -4.59. The molecule has 2 aliphatic rings. The van der Waals surface area contributed by atoms with Crippen molar-refractivity contribution in [3.8, 4) is 28.3 Å². The molecule has 5 rings (SSSR count). The van der Waals surface area contributed by atoms with Gasteiger partial charge in [-0.1, -0.05) is 0 Å². The molecule has 8 heteroatoms. The van der Waals surface area contributed by atoms with E-state index in [1.165, 1.54) is 12.1 Å². The van der Waals surface area contributed by atoms with E-state index in [4.69, 9.17) is 9.47 Å². The van der Waals surface area contributed by atoms with Gasteiger partial charge in [-0.2, -0.15) is 13.2 Å². The lowest BCUT2D eigenvalue weighted by molar-refractivity contribution is -0.137. The number of nitrogens with zero attached hydrogens (tertiary/aromatic N) is 2. The number of benzene rings is 2. The molecular weight excluding hydrogens is 457 g/mol. The van der Waals surface area contributed by atoms with Crippen molar-refractivity contribution in [2.45, 2.75) is 38.3 Å². The van der Waals surface area contributed by atoms with E-state index < -0.39 is 11.7 Å². The molecule has 35 heavy (non-hydrogen) atoms. The van der Waals surface area contributed by atoms with Crippen LogP contribution in [0.4, 0.5) is 18.9 Å². The number of fused-ring (bicyclic) bond motifs is 1. The topological polar surface area (TPSA) is 43.7 Å². The first-order valence-corrected chi connectivity index (χ1v) is 11.8. The maximum atomic E-state index is 14.1. The van der Waals surface area contributed by atoms with E-state index in [1.807, 2.05) is 4.57 Å². The highest BCUT2D eigenvalue weighted by molar-refractivity contribution is 5.74. The number of ether oxygens (including phenoxy) is 2. The Hall–Kier alpha value is -3.42. The molecule has 0 N–H and O–H groups in total. The molecule has 0 unspecified atom stereocenters. The Balaban J connectivity index is 1.77. The lowest BCUT2D eigenvalue weighted by Crippen LogP contribution is -2.21. The van der Waals surface area contributed by atoms with Crippen LogP contribution in [0, 0.1) is 0 Å². The van der Waals surface area contributed by atoms with Crippen LogP contribution >= 0.6 is 0 Å². The number of rotatable bonds is 5. The maximum absolute atomic E-state index is 14.1. The molecule has 184 valence electrons. The molecule has 0 spiro atoms. The molecule has 1 fully saturated rings. The number of pyridine rings is 1. The summed E-state index contributed by atoms with van der Waals surface area (Å²) in [7, 11) is 3.08. The highest BCUT2D eigenvalue weighted by Gasteiger charge is 2.35. The minimum Gasteiger partial charge on any atom is -0.497 e. The number of aromatic nitrogens is 1. The van der Waals surface area contributed by atoms with Gasteiger partial charge in [0.2, 0.25) is 0 Å². The molecule has 0 saturated carbocycles. The molecule has 1 aromatic heterocycles. The summed E-state index contributed by atoms with van der Waals surface area (Å²) < 4.78 is 55.0. The van der Waals surface area contributed by atoms with Crippen LogP contribution in [0.2, 0.25) is 0 Å². The molecule has 0 radical (unpaired) electrons. The molecule has 1 aliphatic heterocycles. The molecule has 1 saturated heterocycles. The van der Waals surface area contributed by atoms with Crippen molar-refractivity contribution >= 4 is 5.69 Å². The van der Waals surface area contributed by atoms with Crippen molar-refractivity contribution in [3.05, 3.63) is 69.6 Å². The van der Waals surface area contributed by atoms with Crippen molar-refractivity contribution in [1.82, 2.24) is 4.57 Å². The third-order valence-electron chi connectivity index (χ3n) is 6.94. The average Bonchev–Trinajstić information content (AvgIpc) is 3.56. The Morgan fingerprint density at radius 1 is 0.829 bits per heavy atom. The van der Waals surface area contributed by atoms with Gasteiger partial charge >= 0.3 is 6.18 Å². The molecule has 0 bridgehead atoms. The third-order valence-corrected chi connectivity index (χ3v) is 6.94. The van der Waals surface area contributed by atoms with Gasteiger partial charge in [0.25, 0.3) is 0 Å². The van der Waals surface area contributed by atoms with E-state index in [1.54, 1.807) is 38.6 Å². The molecule has 0 amide bonds. The Labute approximate surface area is 201 Å². The fourth-order valence-corrected chi connectivity index (χ4v) is 5.19. The van der Waals surface area contributed by atoms with Crippen molar-refractivity contribution in [2.24, 2.45) is 0 Å². The summed E-state index contributed by atoms with van der Waals surface area (Å²) in [6, 6.07) is 9.46. The SMILES string of the molecule is COc1cc(OC)cc(-n2cc(-c3cc(N4CCCC4)ccc3C(F)(F)F)c(=O)c3c2CCC3)c1. The van der Waals surface area contributed by atoms with Gasteiger partial charge in [-0.05, 0) is 50.3 Å². The second kappa shape index (κ2) is 8.98. The first-order chi connectivity index (χ1) is 16.8. The second-order valence-corrected chi connectivity index (χ2v) is 9.01. The number of anilines is 1. The van der Waals surface area contributed by atoms with Crippen molar-refractivity contribution in [2.75, 3.05) is 32.2 Å². The predicted molar refractivity (Wildman–Crippen MR) is 129 cm³/mol. The quantitative estimate of drug-likeness (QED) is 0.471. The zero-order chi connectivity index (χ0) is 24.7. The summed E-state index contributed by atoms with van der Waals surface area (Å²) in [6.45, 7) is 1.59. The summed E-state index contributed by atoms with van der Waals surface area (Å²) in [5, 5.41) is 0. The zero-order valence-corrected chi connectivity index (χ0v) is 19.7. The van der Waals surface area contributed by atoms with Crippen LogP contribution in [-0.2, 0) is 19.0 Å². The minimum absolute atomic E-state index is 0.0563. The van der Waals surface area contributed by atoms with E-state index in [0.29, 0.717) is 41.3 Å². The standard InChI is InChI=1S/C27H27F3N2O3/c1-34-19-12-18(13-20(15-19)35-2)32-16-23(26(33)21-6-5-7-25(21)32)22-14-17(31-10-3-4-11-31)8-9-24(22)27(28,29)30/h8-9,12-16H,3-7,10-11H2,1-2H3. The van der Waals surface area contributed by atoms with E-state index >= 15 is 0 Å². The van der Waals surface area contributed by atoms with Gasteiger partial charge in [-0.3, -0.25) is 4.79 Å². The smallest absolute Gasteiger partial charge is 0.417 e. The summed E-state index contributed by atoms with van der Waals surface area (Å²) in [6.07, 6.45) is 0.947. The predicted octanol–water partition coefficient (Wildman–Crippen LogP) is 5.63. The first kappa shape index (κ1) is 23.3. The monoisotopic (exact) mass is 484 g/mol. The van der Waals surface area contributed by atoms with E-state index in [0.717, 1.165) is 44.1 Å². The number of hydrogen-bond acceptors (Lipinski definition) is 4. The van der Waals surface area contributed by atoms with E-state index in [2.05, 4.69) is 4.90 Å². The van der Waals surface area contributed by atoms with Gasteiger partial charge in [-0.15, -0.1) is 0 Å². The summed E-state index contributed by atoms with van der Waals surface area (Å²) in [5.41, 5.74) is 1.62. The average molecular weight is 485 g/mol. The molecule has 0 atom stereocenters. The molecule has 5 nitrogen and oxygen atoms in total. The van der Waals surface area contributed by atoms with Gasteiger partial charge in [0.1, 0.15) is 11.5 Å². The Kier molecular flexibility index (Phi) is 5.99. The van der Waals surface area contributed by atoms with Crippen LogP contribution in [0.3, 0.4) is 0 Å². The fourth-order valence-electron chi connectivity index (χ4n) is 5.19. The Morgan fingerprint density at radius 3 is 2.14 bits per heavy atom. The van der Waals surface area contributed by atoms with Crippen LogP contribution in [-0.4, -0.2) is 31.9 Å². The summed E-state index contributed by atoms with van der Waals surface area (Å²) in [4.78, 5) is 15.6. The number of hydrogen-bond donors (Lipinski definition) is 0. The van der Waals surface area contributed by atoms with Gasteiger partial charge in [0.05, 0.1) is 25.5 Å². The van der Waals surface area contributed by atoms with Crippen LogP contribution in [0.15, 0.2) is 47.4 Å². The largest absolute Gasteiger partial charge is 0.497 e. The molecule has 3 aromatic rings. The zero-order valence-electron chi connectivity index (χ0n) is 19.7. The summed E-state index contributed by atoms with van der Waals surface area (Å²) >= 11 is 0. The van der Waals surface area contributed by atoms with Gasteiger partial charge < -0.3 is 18.9 Å². The molecular formula is C27H27F3N2O3. The van der Waals surface area contributed by atoms with Crippen LogP contribution in [0.25, 0.3) is 16.8 Å². The maximum Gasteiger partial charge on any atom is 0.417 e. The van der Waals surface area contributed by atoms with E-state index in [9.17, 15) is 18.0 Å². The lowest BCUT2D eigenvalue weighted by atomic mass is 9.97. The fraction of sp³-hybridized carbons (Fsp3) is 0.370.